The SMILES string of the molecule is NC(=O)CCCCCc1cccc(OC[C@@H](N)CCC(N)=O)c1. The van der Waals surface area contributed by atoms with Crippen LogP contribution in [0.4, 0.5) is 0 Å². The van der Waals surface area contributed by atoms with Gasteiger partial charge in [0.1, 0.15) is 12.4 Å². The van der Waals surface area contributed by atoms with E-state index in [-0.39, 0.29) is 24.3 Å². The van der Waals surface area contributed by atoms with E-state index in [4.69, 9.17) is 21.9 Å². The van der Waals surface area contributed by atoms with Crippen LogP contribution in [-0.2, 0) is 16.0 Å². The third-order valence-corrected chi connectivity index (χ3v) is 3.51. The third-order valence-electron chi connectivity index (χ3n) is 3.51. The van der Waals surface area contributed by atoms with Crippen molar-refractivity contribution in [1.29, 1.82) is 0 Å². The molecule has 0 aromatic heterocycles. The highest BCUT2D eigenvalue weighted by Gasteiger charge is 2.06. The Labute approximate surface area is 137 Å². The first-order valence-electron chi connectivity index (χ1n) is 8.01. The van der Waals surface area contributed by atoms with Gasteiger partial charge >= 0.3 is 0 Å². The molecule has 0 spiro atoms. The summed E-state index contributed by atoms with van der Waals surface area (Å²) in [6.45, 7) is 0.356. The van der Waals surface area contributed by atoms with Crippen LogP contribution in [0.3, 0.4) is 0 Å². The lowest BCUT2D eigenvalue weighted by atomic mass is 10.1. The predicted octanol–water partition coefficient (Wildman–Crippen LogP) is 1.25. The molecule has 2 amide bonds. The number of primary amides is 2. The average molecular weight is 321 g/mol. The number of unbranched alkanes of at least 4 members (excludes halogenated alkanes) is 2. The zero-order valence-electron chi connectivity index (χ0n) is 13.5. The molecule has 6 nitrogen and oxygen atoms in total. The summed E-state index contributed by atoms with van der Waals surface area (Å²) < 4.78 is 5.66. The summed E-state index contributed by atoms with van der Waals surface area (Å²) in [6, 6.07) is 7.67. The first kappa shape index (κ1) is 19.0. The van der Waals surface area contributed by atoms with Crippen molar-refractivity contribution in [2.45, 2.75) is 51.0 Å². The maximum absolute atomic E-state index is 10.7. The molecular weight excluding hydrogens is 294 g/mol. The number of ether oxygens (including phenoxy) is 1. The maximum Gasteiger partial charge on any atom is 0.217 e. The summed E-state index contributed by atoms with van der Waals surface area (Å²) in [7, 11) is 0. The maximum atomic E-state index is 10.7. The zero-order valence-corrected chi connectivity index (χ0v) is 13.5. The van der Waals surface area contributed by atoms with Crippen molar-refractivity contribution in [3.63, 3.8) is 0 Å². The van der Waals surface area contributed by atoms with Crippen LogP contribution in [0.5, 0.6) is 5.75 Å². The number of hydrogen-bond acceptors (Lipinski definition) is 4. The molecule has 6 heteroatoms. The highest BCUT2D eigenvalue weighted by molar-refractivity contribution is 5.73. The molecule has 0 unspecified atom stereocenters. The van der Waals surface area contributed by atoms with E-state index in [0.29, 0.717) is 19.4 Å². The van der Waals surface area contributed by atoms with Crippen LogP contribution in [0.1, 0.15) is 44.1 Å². The van der Waals surface area contributed by atoms with E-state index < -0.39 is 0 Å². The molecule has 23 heavy (non-hydrogen) atoms. The molecular formula is C17H27N3O3. The normalized spacial score (nSPS) is 11.9. The van der Waals surface area contributed by atoms with Gasteiger partial charge in [-0.1, -0.05) is 18.6 Å². The molecule has 1 aromatic rings. The second-order valence-corrected chi connectivity index (χ2v) is 5.75. The molecule has 0 aliphatic heterocycles. The molecule has 0 fully saturated rings. The molecule has 0 saturated carbocycles. The van der Waals surface area contributed by atoms with E-state index in [2.05, 4.69) is 0 Å². The van der Waals surface area contributed by atoms with Gasteiger partial charge in [0.25, 0.3) is 0 Å². The number of carbonyl (C=O) groups excluding carboxylic acids is 2. The highest BCUT2D eigenvalue weighted by atomic mass is 16.5. The molecule has 6 N–H and O–H groups in total. The van der Waals surface area contributed by atoms with Gasteiger partial charge in [-0.3, -0.25) is 9.59 Å². The van der Waals surface area contributed by atoms with Gasteiger partial charge in [-0.25, -0.2) is 0 Å². The van der Waals surface area contributed by atoms with E-state index >= 15 is 0 Å². The van der Waals surface area contributed by atoms with Crippen LogP contribution in [0.25, 0.3) is 0 Å². The summed E-state index contributed by atoms with van der Waals surface area (Å²) in [5.41, 5.74) is 17.3. The number of hydrogen-bond donors (Lipinski definition) is 3. The van der Waals surface area contributed by atoms with Crippen LogP contribution in [0.2, 0.25) is 0 Å². The minimum absolute atomic E-state index is 0.208. The van der Waals surface area contributed by atoms with Gasteiger partial charge in [0.05, 0.1) is 0 Å². The lowest BCUT2D eigenvalue weighted by Crippen LogP contribution is -2.29. The van der Waals surface area contributed by atoms with Gasteiger partial charge in [0.2, 0.25) is 11.8 Å². The van der Waals surface area contributed by atoms with Crippen molar-refractivity contribution in [3.05, 3.63) is 29.8 Å². The van der Waals surface area contributed by atoms with E-state index in [1.807, 2.05) is 24.3 Å². The predicted molar refractivity (Wildman–Crippen MR) is 89.7 cm³/mol. The molecule has 0 radical (unpaired) electrons. The van der Waals surface area contributed by atoms with Gasteiger partial charge < -0.3 is 21.9 Å². The van der Waals surface area contributed by atoms with Gasteiger partial charge in [-0.05, 0) is 43.4 Å². The Morgan fingerprint density at radius 2 is 1.78 bits per heavy atom. The first-order valence-corrected chi connectivity index (χ1v) is 8.01. The topological polar surface area (TPSA) is 121 Å². The molecule has 1 aromatic carbocycles. The van der Waals surface area contributed by atoms with Crippen LogP contribution in [-0.4, -0.2) is 24.5 Å². The number of nitrogens with two attached hydrogens (primary N) is 3. The molecule has 0 heterocycles. The summed E-state index contributed by atoms with van der Waals surface area (Å²) in [4.78, 5) is 21.4. The van der Waals surface area contributed by atoms with Crippen molar-refractivity contribution in [2.75, 3.05) is 6.61 Å². The molecule has 0 saturated heterocycles. The monoisotopic (exact) mass is 321 g/mol. The fourth-order valence-corrected chi connectivity index (χ4v) is 2.21. The van der Waals surface area contributed by atoms with Crippen molar-refractivity contribution in [2.24, 2.45) is 17.2 Å². The fraction of sp³-hybridized carbons (Fsp3) is 0.529. The van der Waals surface area contributed by atoms with Crippen molar-refractivity contribution in [3.8, 4) is 5.75 Å². The quantitative estimate of drug-likeness (QED) is 0.501. The second-order valence-electron chi connectivity index (χ2n) is 5.75. The van der Waals surface area contributed by atoms with Crippen molar-refractivity contribution >= 4 is 11.8 Å². The number of rotatable bonds is 12. The summed E-state index contributed by atoms with van der Waals surface area (Å²) in [5.74, 6) is 0.181. The van der Waals surface area contributed by atoms with E-state index in [1.54, 1.807) is 0 Å². The lowest BCUT2D eigenvalue weighted by Gasteiger charge is -2.13. The summed E-state index contributed by atoms with van der Waals surface area (Å²) in [6.07, 6.45) is 5.00. The fourth-order valence-electron chi connectivity index (χ4n) is 2.21. The van der Waals surface area contributed by atoms with Crippen molar-refractivity contribution < 1.29 is 14.3 Å². The Morgan fingerprint density at radius 3 is 2.48 bits per heavy atom. The molecule has 1 atom stereocenters. The van der Waals surface area contributed by atoms with Gasteiger partial charge in [-0.15, -0.1) is 0 Å². The van der Waals surface area contributed by atoms with Gasteiger partial charge in [-0.2, -0.15) is 0 Å². The lowest BCUT2D eigenvalue weighted by molar-refractivity contribution is -0.119. The van der Waals surface area contributed by atoms with Gasteiger partial charge in [0, 0.05) is 18.9 Å². The Bertz CT molecular complexity index is 506. The van der Waals surface area contributed by atoms with Crippen LogP contribution < -0.4 is 21.9 Å². The Morgan fingerprint density at radius 1 is 1.04 bits per heavy atom. The van der Waals surface area contributed by atoms with E-state index in [0.717, 1.165) is 31.4 Å². The largest absolute Gasteiger partial charge is 0.492 e. The van der Waals surface area contributed by atoms with Crippen LogP contribution >= 0.6 is 0 Å². The van der Waals surface area contributed by atoms with E-state index in [1.165, 1.54) is 5.56 Å². The first-order chi connectivity index (χ1) is 11.0. The minimum Gasteiger partial charge on any atom is -0.492 e. The zero-order chi connectivity index (χ0) is 17.1. The number of aryl methyl sites for hydroxylation is 1. The van der Waals surface area contributed by atoms with Crippen LogP contribution in [0.15, 0.2) is 24.3 Å². The minimum atomic E-state index is -0.348. The Kier molecular flexibility index (Phi) is 8.75. The molecule has 0 aliphatic rings. The Balaban J connectivity index is 2.29. The second kappa shape index (κ2) is 10.6. The number of benzene rings is 1. The average Bonchev–Trinajstić information content (AvgIpc) is 2.50. The standard InChI is InChI=1S/C17H27N3O3/c18-14(9-10-17(20)22)12-23-15-7-4-6-13(11-15)5-2-1-3-8-16(19)21/h4,6-7,11,14H,1-3,5,8-10,12,18H2,(H2,19,21)(H2,20,22)/t14-/m0/s1. The molecule has 1 rings (SSSR count). The summed E-state index contributed by atoms with van der Waals surface area (Å²) >= 11 is 0. The molecule has 0 aliphatic carbocycles. The highest BCUT2D eigenvalue weighted by Crippen LogP contribution is 2.16. The summed E-state index contributed by atoms with van der Waals surface area (Å²) in [5, 5.41) is 0. The number of amides is 2. The van der Waals surface area contributed by atoms with Gasteiger partial charge in [0.15, 0.2) is 0 Å². The van der Waals surface area contributed by atoms with Crippen LogP contribution in [0, 0.1) is 0 Å². The van der Waals surface area contributed by atoms with E-state index in [9.17, 15) is 9.59 Å². The molecule has 128 valence electrons. The smallest absolute Gasteiger partial charge is 0.217 e. The Hall–Kier alpha value is -2.08. The third kappa shape index (κ3) is 9.52. The molecule has 0 bridgehead atoms. The number of carbonyl (C=O) groups is 2. The van der Waals surface area contributed by atoms with Crippen molar-refractivity contribution in [1.82, 2.24) is 0 Å².